The van der Waals surface area contributed by atoms with Crippen LogP contribution in [0.2, 0.25) is 0 Å². The van der Waals surface area contributed by atoms with E-state index in [2.05, 4.69) is 58.3 Å². The standard InChI is InChI=1S/C34H40N2O5/c1-25(37)7-6-8-34(35(26-9-17-30(38-2)18-10-26)27-11-19-31(39-3)20-12-27)36(28-13-21-32(40-4)22-14-28)29-15-23-33(41-5)24-16-29/h9-25,34,37H,6-8H2,1-5H3. The Kier molecular flexibility index (Phi) is 10.3. The molecule has 0 aromatic heterocycles. The van der Waals surface area contributed by atoms with Crippen LogP contribution in [0.1, 0.15) is 26.2 Å². The van der Waals surface area contributed by atoms with E-state index in [0.717, 1.165) is 58.6 Å². The Balaban J connectivity index is 1.92. The zero-order valence-electron chi connectivity index (χ0n) is 24.5. The molecule has 0 amide bonds. The largest absolute Gasteiger partial charge is 0.497 e. The zero-order chi connectivity index (χ0) is 29.2. The molecule has 4 aromatic carbocycles. The van der Waals surface area contributed by atoms with Crippen molar-refractivity contribution in [3.05, 3.63) is 97.1 Å². The Morgan fingerprint density at radius 3 is 0.976 bits per heavy atom. The van der Waals surface area contributed by atoms with Crippen LogP contribution in [0.25, 0.3) is 0 Å². The Morgan fingerprint density at radius 1 is 0.488 bits per heavy atom. The second kappa shape index (κ2) is 14.3. The molecule has 41 heavy (non-hydrogen) atoms. The van der Waals surface area contributed by atoms with Crippen LogP contribution in [0.3, 0.4) is 0 Å². The summed E-state index contributed by atoms with van der Waals surface area (Å²) in [4.78, 5) is 4.66. The van der Waals surface area contributed by atoms with E-state index < -0.39 is 0 Å². The first kappa shape index (κ1) is 29.6. The maximum Gasteiger partial charge on any atom is 0.119 e. The van der Waals surface area contributed by atoms with Gasteiger partial charge in [0.05, 0.1) is 34.5 Å². The van der Waals surface area contributed by atoms with Gasteiger partial charge in [0.1, 0.15) is 29.2 Å². The SMILES string of the molecule is COc1ccc(N(c2ccc(OC)cc2)C(CCCC(C)O)N(c2ccc(OC)cc2)c2ccc(OC)cc2)cc1. The highest BCUT2D eigenvalue weighted by molar-refractivity contribution is 5.72. The fourth-order valence-electron chi connectivity index (χ4n) is 4.93. The average Bonchev–Trinajstić information content (AvgIpc) is 3.02. The van der Waals surface area contributed by atoms with Gasteiger partial charge in [-0.3, -0.25) is 0 Å². The van der Waals surface area contributed by atoms with Gasteiger partial charge in [-0.1, -0.05) is 0 Å². The third-order valence-corrected chi connectivity index (χ3v) is 7.08. The van der Waals surface area contributed by atoms with Gasteiger partial charge in [-0.25, -0.2) is 0 Å². The molecular formula is C34H40N2O5. The fourth-order valence-corrected chi connectivity index (χ4v) is 4.93. The van der Waals surface area contributed by atoms with Crippen molar-refractivity contribution in [2.24, 2.45) is 0 Å². The molecule has 0 radical (unpaired) electrons. The minimum atomic E-state index is -0.388. The summed E-state index contributed by atoms with van der Waals surface area (Å²) < 4.78 is 21.9. The maximum atomic E-state index is 10.2. The summed E-state index contributed by atoms with van der Waals surface area (Å²) in [5.41, 5.74) is 4.02. The Labute approximate surface area is 243 Å². The van der Waals surface area contributed by atoms with Gasteiger partial charge in [0.25, 0.3) is 0 Å². The Bertz CT molecular complexity index is 1130. The molecule has 0 saturated carbocycles. The predicted molar refractivity (Wildman–Crippen MR) is 166 cm³/mol. The highest BCUT2D eigenvalue weighted by Gasteiger charge is 2.29. The van der Waals surface area contributed by atoms with Gasteiger partial charge in [0, 0.05) is 22.7 Å². The average molecular weight is 557 g/mol. The van der Waals surface area contributed by atoms with Crippen molar-refractivity contribution in [1.29, 1.82) is 0 Å². The van der Waals surface area contributed by atoms with Gasteiger partial charge in [-0.15, -0.1) is 0 Å². The molecule has 216 valence electrons. The number of nitrogens with zero attached hydrogens (tertiary/aromatic N) is 2. The lowest BCUT2D eigenvalue weighted by Crippen LogP contribution is -2.44. The quantitative estimate of drug-likeness (QED) is 0.161. The lowest BCUT2D eigenvalue weighted by atomic mass is 10.1. The molecule has 0 heterocycles. The maximum absolute atomic E-state index is 10.2. The first-order chi connectivity index (χ1) is 20.0. The van der Waals surface area contributed by atoms with E-state index in [-0.39, 0.29) is 12.3 Å². The number of anilines is 4. The summed E-state index contributed by atoms with van der Waals surface area (Å²) in [6.07, 6.45) is 1.71. The molecule has 1 unspecified atom stereocenters. The van der Waals surface area contributed by atoms with Gasteiger partial charge in [0.2, 0.25) is 0 Å². The summed E-state index contributed by atoms with van der Waals surface area (Å²) in [5.74, 6) is 3.15. The van der Waals surface area contributed by atoms with E-state index in [0.29, 0.717) is 6.42 Å². The zero-order valence-corrected chi connectivity index (χ0v) is 24.5. The van der Waals surface area contributed by atoms with Gasteiger partial charge >= 0.3 is 0 Å². The van der Waals surface area contributed by atoms with E-state index in [4.69, 9.17) is 18.9 Å². The summed E-state index contributed by atoms with van der Waals surface area (Å²) in [7, 11) is 6.68. The highest BCUT2D eigenvalue weighted by Crippen LogP contribution is 2.39. The van der Waals surface area contributed by atoms with Crippen molar-refractivity contribution in [2.75, 3.05) is 38.2 Å². The van der Waals surface area contributed by atoms with Crippen LogP contribution in [-0.4, -0.2) is 45.8 Å². The van der Waals surface area contributed by atoms with E-state index in [1.54, 1.807) is 28.4 Å². The molecule has 0 fully saturated rings. The third kappa shape index (κ3) is 7.44. The lowest BCUT2D eigenvalue weighted by molar-refractivity contribution is 0.179. The van der Waals surface area contributed by atoms with Crippen LogP contribution in [0.15, 0.2) is 97.1 Å². The molecule has 0 bridgehead atoms. The molecule has 4 rings (SSSR count). The normalized spacial score (nSPS) is 11.6. The molecule has 0 saturated heterocycles. The van der Waals surface area contributed by atoms with Crippen molar-refractivity contribution in [2.45, 2.75) is 38.5 Å². The van der Waals surface area contributed by atoms with E-state index in [1.807, 2.05) is 55.5 Å². The van der Waals surface area contributed by atoms with Crippen LogP contribution in [-0.2, 0) is 0 Å². The molecule has 0 aliphatic carbocycles. The van der Waals surface area contributed by atoms with Crippen LogP contribution in [0, 0.1) is 0 Å². The molecule has 1 atom stereocenters. The monoisotopic (exact) mass is 556 g/mol. The summed E-state index contributed by atoms with van der Waals surface area (Å²) in [6, 6.07) is 32.4. The molecule has 0 spiro atoms. The number of methoxy groups -OCH3 is 4. The number of aliphatic hydroxyl groups is 1. The van der Waals surface area contributed by atoms with E-state index >= 15 is 0 Å². The van der Waals surface area contributed by atoms with Crippen LogP contribution >= 0.6 is 0 Å². The van der Waals surface area contributed by atoms with Crippen LogP contribution in [0.4, 0.5) is 22.7 Å². The molecule has 7 heteroatoms. The topological polar surface area (TPSA) is 63.6 Å². The van der Waals surface area contributed by atoms with E-state index in [9.17, 15) is 5.11 Å². The van der Waals surface area contributed by atoms with Crippen molar-refractivity contribution >= 4 is 22.7 Å². The van der Waals surface area contributed by atoms with Crippen molar-refractivity contribution < 1.29 is 24.1 Å². The molecule has 0 aliphatic rings. The number of rotatable bonds is 14. The second-order valence-electron chi connectivity index (χ2n) is 9.79. The van der Waals surface area contributed by atoms with Crippen molar-refractivity contribution in [1.82, 2.24) is 0 Å². The highest BCUT2D eigenvalue weighted by atomic mass is 16.5. The fraction of sp³-hybridized carbons (Fsp3) is 0.294. The summed E-state index contributed by atoms with van der Waals surface area (Å²) in [5, 5.41) is 10.2. The molecule has 1 N–H and O–H groups in total. The minimum Gasteiger partial charge on any atom is -0.497 e. The third-order valence-electron chi connectivity index (χ3n) is 7.08. The number of aliphatic hydroxyl groups excluding tert-OH is 1. The first-order valence-electron chi connectivity index (χ1n) is 13.8. The number of hydrogen-bond donors (Lipinski definition) is 1. The number of benzene rings is 4. The Morgan fingerprint density at radius 2 is 0.756 bits per heavy atom. The number of hydrogen-bond acceptors (Lipinski definition) is 7. The minimum absolute atomic E-state index is 0.169. The second-order valence-corrected chi connectivity index (χ2v) is 9.79. The van der Waals surface area contributed by atoms with E-state index in [1.165, 1.54) is 0 Å². The molecule has 0 aliphatic heterocycles. The summed E-state index contributed by atoms with van der Waals surface area (Å²) >= 11 is 0. The van der Waals surface area contributed by atoms with Crippen LogP contribution < -0.4 is 28.7 Å². The molecular weight excluding hydrogens is 516 g/mol. The van der Waals surface area contributed by atoms with Crippen molar-refractivity contribution in [3.8, 4) is 23.0 Å². The first-order valence-corrected chi connectivity index (χ1v) is 13.8. The van der Waals surface area contributed by atoms with Crippen molar-refractivity contribution in [3.63, 3.8) is 0 Å². The smallest absolute Gasteiger partial charge is 0.119 e. The predicted octanol–water partition coefficient (Wildman–Crippen LogP) is 7.57. The summed E-state index contributed by atoms with van der Waals surface area (Å²) in [6.45, 7) is 1.84. The van der Waals surface area contributed by atoms with Crippen LogP contribution in [0.5, 0.6) is 23.0 Å². The van der Waals surface area contributed by atoms with Gasteiger partial charge in [-0.05, 0) is 123 Å². The van der Waals surface area contributed by atoms with Gasteiger partial charge in [-0.2, -0.15) is 0 Å². The van der Waals surface area contributed by atoms with Gasteiger partial charge in [0.15, 0.2) is 0 Å². The van der Waals surface area contributed by atoms with Gasteiger partial charge < -0.3 is 33.9 Å². The molecule has 7 nitrogen and oxygen atoms in total. The Hall–Kier alpha value is -4.36. The lowest BCUT2D eigenvalue weighted by Gasteiger charge is -2.43. The molecule has 4 aromatic rings. The number of ether oxygens (including phenoxy) is 4.